The zero-order chi connectivity index (χ0) is 15.1. The summed E-state index contributed by atoms with van der Waals surface area (Å²) in [6.07, 6.45) is 2.47. The summed E-state index contributed by atoms with van der Waals surface area (Å²) in [5.74, 6) is 0.185. The molecule has 110 valence electrons. The van der Waals surface area contributed by atoms with Crippen LogP contribution in [0.4, 0.5) is 5.95 Å². The fraction of sp³-hybridized carbons (Fsp3) is 0.214. The van der Waals surface area contributed by atoms with Crippen LogP contribution in [0.25, 0.3) is 11.0 Å². The van der Waals surface area contributed by atoms with Crippen molar-refractivity contribution < 1.29 is 4.79 Å². The quantitative estimate of drug-likeness (QED) is 0.677. The van der Waals surface area contributed by atoms with Gasteiger partial charge in [0.1, 0.15) is 11.0 Å². The molecule has 4 rings (SSSR count). The summed E-state index contributed by atoms with van der Waals surface area (Å²) < 4.78 is 0. The van der Waals surface area contributed by atoms with Crippen molar-refractivity contribution in [2.45, 2.75) is 13.0 Å². The lowest BCUT2D eigenvalue weighted by Crippen LogP contribution is -2.36. The maximum absolute atomic E-state index is 12.7. The molecule has 0 spiro atoms. The SMILES string of the molecule is Nc1ncc2c(n1)CN(C(=O)c1ccc3n[nH]nc3c1)CC2. The van der Waals surface area contributed by atoms with Crippen LogP contribution in [0.15, 0.2) is 24.4 Å². The second-order valence-corrected chi connectivity index (χ2v) is 5.20. The maximum Gasteiger partial charge on any atom is 0.254 e. The van der Waals surface area contributed by atoms with E-state index in [1.807, 2.05) is 0 Å². The Morgan fingerprint density at radius 2 is 2.14 bits per heavy atom. The van der Waals surface area contributed by atoms with Crippen molar-refractivity contribution in [3.8, 4) is 0 Å². The van der Waals surface area contributed by atoms with Gasteiger partial charge in [-0.1, -0.05) is 0 Å². The lowest BCUT2D eigenvalue weighted by Gasteiger charge is -2.28. The highest BCUT2D eigenvalue weighted by Gasteiger charge is 2.23. The van der Waals surface area contributed by atoms with Gasteiger partial charge < -0.3 is 10.6 Å². The molecular weight excluding hydrogens is 282 g/mol. The van der Waals surface area contributed by atoms with E-state index in [2.05, 4.69) is 25.4 Å². The van der Waals surface area contributed by atoms with Gasteiger partial charge in [0.2, 0.25) is 5.95 Å². The van der Waals surface area contributed by atoms with Crippen molar-refractivity contribution >= 4 is 22.9 Å². The van der Waals surface area contributed by atoms with Crippen molar-refractivity contribution in [3.63, 3.8) is 0 Å². The van der Waals surface area contributed by atoms with Crippen LogP contribution in [0.2, 0.25) is 0 Å². The van der Waals surface area contributed by atoms with Gasteiger partial charge in [0, 0.05) is 18.3 Å². The van der Waals surface area contributed by atoms with Crippen LogP contribution in [-0.4, -0.2) is 42.7 Å². The van der Waals surface area contributed by atoms with Gasteiger partial charge in [-0.3, -0.25) is 4.79 Å². The standard InChI is InChI=1S/C14H13N7O/c15-14-16-6-9-3-4-21(7-12(9)17-14)13(22)8-1-2-10-11(5-8)19-20-18-10/h1-2,5-6H,3-4,7H2,(H2,15,16,17)(H,18,19,20). The molecule has 1 aromatic carbocycles. The van der Waals surface area contributed by atoms with Gasteiger partial charge >= 0.3 is 0 Å². The molecule has 0 bridgehead atoms. The minimum atomic E-state index is -0.0484. The smallest absolute Gasteiger partial charge is 0.254 e. The van der Waals surface area contributed by atoms with Crippen LogP contribution < -0.4 is 5.73 Å². The Hall–Kier alpha value is -3.03. The molecule has 3 N–H and O–H groups in total. The number of H-pyrrole nitrogens is 1. The summed E-state index contributed by atoms with van der Waals surface area (Å²) in [6, 6.07) is 5.28. The third-order valence-electron chi connectivity index (χ3n) is 3.82. The van der Waals surface area contributed by atoms with Gasteiger partial charge in [0.25, 0.3) is 5.91 Å². The molecule has 0 saturated heterocycles. The van der Waals surface area contributed by atoms with E-state index in [4.69, 9.17) is 5.73 Å². The van der Waals surface area contributed by atoms with Crippen LogP contribution in [0, 0.1) is 0 Å². The number of benzene rings is 1. The summed E-state index contributed by atoms with van der Waals surface area (Å²) >= 11 is 0. The number of carbonyl (C=O) groups excluding carboxylic acids is 1. The summed E-state index contributed by atoms with van der Waals surface area (Å²) in [6.45, 7) is 1.08. The van der Waals surface area contributed by atoms with Crippen LogP contribution in [0.1, 0.15) is 21.6 Å². The number of hydrogen-bond donors (Lipinski definition) is 2. The topological polar surface area (TPSA) is 114 Å². The van der Waals surface area contributed by atoms with E-state index in [9.17, 15) is 4.79 Å². The third kappa shape index (κ3) is 2.05. The molecule has 1 aliphatic heterocycles. The Balaban J connectivity index is 1.63. The van der Waals surface area contributed by atoms with Gasteiger partial charge in [-0.2, -0.15) is 15.4 Å². The zero-order valence-electron chi connectivity index (χ0n) is 11.7. The molecule has 0 saturated carbocycles. The van der Waals surface area contributed by atoms with Crippen LogP contribution >= 0.6 is 0 Å². The van der Waals surface area contributed by atoms with Crippen molar-refractivity contribution in [2.24, 2.45) is 0 Å². The van der Waals surface area contributed by atoms with E-state index >= 15 is 0 Å². The number of nitrogens with zero attached hydrogens (tertiary/aromatic N) is 5. The first-order valence-corrected chi connectivity index (χ1v) is 6.91. The molecular formula is C14H13N7O. The molecule has 0 radical (unpaired) electrons. The Bertz CT molecular complexity index is 873. The summed E-state index contributed by atoms with van der Waals surface area (Å²) in [4.78, 5) is 22.6. The minimum Gasteiger partial charge on any atom is -0.368 e. The number of nitrogens with two attached hydrogens (primary N) is 1. The zero-order valence-corrected chi connectivity index (χ0v) is 11.7. The summed E-state index contributed by atoms with van der Waals surface area (Å²) in [5.41, 5.74) is 9.48. The lowest BCUT2D eigenvalue weighted by molar-refractivity contribution is 0.0732. The fourth-order valence-electron chi connectivity index (χ4n) is 2.65. The minimum absolute atomic E-state index is 0.0484. The van der Waals surface area contributed by atoms with Gasteiger partial charge in [0.05, 0.1) is 12.2 Å². The number of aromatic amines is 1. The largest absolute Gasteiger partial charge is 0.368 e. The van der Waals surface area contributed by atoms with Crippen LogP contribution in [0.3, 0.4) is 0 Å². The molecule has 8 heteroatoms. The number of fused-ring (bicyclic) bond motifs is 2. The van der Waals surface area contributed by atoms with Crippen molar-refractivity contribution in [2.75, 3.05) is 12.3 Å². The number of carbonyl (C=O) groups is 1. The number of anilines is 1. The third-order valence-corrected chi connectivity index (χ3v) is 3.82. The van der Waals surface area contributed by atoms with Crippen LogP contribution in [0.5, 0.6) is 0 Å². The monoisotopic (exact) mass is 295 g/mol. The number of aromatic nitrogens is 5. The molecule has 2 aromatic heterocycles. The van der Waals surface area contributed by atoms with E-state index in [0.29, 0.717) is 24.2 Å². The first kappa shape index (κ1) is 12.7. The van der Waals surface area contributed by atoms with Gasteiger partial charge in [-0.25, -0.2) is 9.97 Å². The number of nitrogens with one attached hydrogen (secondary N) is 1. The number of nitrogen functional groups attached to an aromatic ring is 1. The molecule has 1 amide bonds. The van der Waals surface area contributed by atoms with Crippen molar-refractivity contribution in [1.82, 2.24) is 30.3 Å². The second kappa shape index (κ2) is 4.76. The highest BCUT2D eigenvalue weighted by atomic mass is 16.2. The van der Waals surface area contributed by atoms with E-state index in [1.54, 1.807) is 29.3 Å². The molecule has 0 fully saturated rings. The van der Waals surface area contributed by atoms with E-state index in [0.717, 1.165) is 23.2 Å². The first-order chi connectivity index (χ1) is 10.7. The molecule has 3 heterocycles. The Morgan fingerprint density at radius 3 is 3.05 bits per heavy atom. The Labute approximate surface area is 125 Å². The number of rotatable bonds is 1. The van der Waals surface area contributed by atoms with Crippen LogP contribution in [-0.2, 0) is 13.0 Å². The number of hydrogen-bond acceptors (Lipinski definition) is 6. The predicted octanol–water partition coefficient (Wildman–Crippen LogP) is 0.529. The highest BCUT2D eigenvalue weighted by molar-refractivity contribution is 5.97. The average molecular weight is 295 g/mol. The molecule has 1 aliphatic rings. The predicted molar refractivity (Wildman–Crippen MR) is 78.8 cm³/mol. The van der Waals surface area contributed by atoms with Gasteiger partial charge in [0.15, 0.2) is 0 Å². The highest BCUT2D eigenvalue weighted by Crippen LogP contribution is 2.20. The summed E-state index contributed by atoms with van der Waals surface area (Å²) in [7, 11) is 0. The van der Waals surface area contributed by atoms with E-state index in [1.165, 1.54) is 0 Å². The van der Waals surface area contributed by atoms with Crippen molar-refractivity contribution in [3.05, 3.63) is 41.2 Å². The first-order valence-electron chi connectivity index (χ1n) is 6.91. The van der Waals surface area contributed by atoms with Crippen molar-refractivity contribution in [1.29, 1.82) is 0 Å². The second-order valence-electron chi connectivity index (χ2n) is 5.20. The molecule has 0 atom stereocenters. The molecule has 8 nitrogen and oxygen atoms in total. The summed E-state index contributed by atoms with van der Waals surface area (Å²) in [5, 5.41) is 10.5. The Morgan fingerprint density at radius 1 is 1.27 bits per heavy atom. The normalized spacial score (nSPS) is 14.1. The lowest BCUT2D eigenvalue weighted by atomic mass is 10.1. The fourth-order valence-corrected chi connectivity index (χ4v) is 2.65. The van der Waals surface area contributed by atoms with E-state index in [-0.39, 0.29) is 11.9 Å². The molecule has 22 heavy (non-hydrogen) atoms. The van der Waals surface area contributed by atoms with Gasteiger partial charge in [-0.05, 0) is 30.2 Å². The number of amides is 1. The molecule has 3 aromatic rings. The van der Waals surface area contributed by atoms with E-state index < -0.39 is 0 Å². The molecule has 0 unspecified atom stereocenters. The molecule has 0 aliphatic carbocycles. The van der Waals surface area contributed by atoms with Gasteiger partial charge in [-0.15, -0.1) is 0 Å². The average Bonchev–Trinajstić information content (AvgIpc) is 3.01. The maximum atomic E-state index is 12.7. The Kier molecular flexibility index (Phi) is 2.75.